The number of alkyl halides is 3. The molecule has 2 heterocycles. The maximum absolute atomic E-state index is 12.6. The Labute approximate surface area is 138 Å². The summed E-state index contributed by atoms with van der Waals surface area (Å²) >= 11 is 6.50. The quantitative estimate of drug-likeness (QED) is 0.664. The molecule has 0 saturated carbocycles. The van der Waals surface area contributed by atoms with Crippen molar-refractivity contribution in [3.8, 4) is 0 Å². The Hall–Kier alpha value is -1.87. The highest BCUT2D eigenvalue weighted by molar-refractivity contribution is 8.00. The molecule has 10 heteroatoms. The summed E-state index contributed by atoms with van der Waals surface area (Å²) in [5.41, 5.74) is -1.05. The van der Waals surface area contributed by atoms with Crippen molar-refractivity contribution in [3.63, 3.8) is 0 Å². The Balaban J connectivity index is 2.02. The van der Waals surface area contributed by atoms with Crippen molar-refractivity contribution in [2.75, 3.05) is 5.32 Å². The number of carbonyl (C=O) groups is 1. The van der Waals surface area contributed by atoms with Crippen molar-refractivity contribution in [1.82, 2.24) is 15.0 Å². The summed E-state index contributed by atoms with van der Waals surface area (Å²) in [5.74, 6) is -0.150. The maximum atomic E-state index is 12.6. The normalized spacial score (nSPS) is 12.7. The van der Waals surface area contributed by atoms with E-state index in [1.807, 2.05) is 0 Å². The van der Waals surface area contributed by atoms with E-state index in [1.54, 1.807) is 6.07 Å². The van der Waals surface area contributed by atoms with E-state index in [-0.39, 0.29) is 11.0 Å². The number of amides is 1. The van der Waals surface area contributed by atoms with Crippen molar-refractivity contribution < 1.29 is 18.0 Å². The van der Waals surface area contributed by atoms with Crippen LogP contribution in [0.25, 0.3) is 0 Å². The minimum atomic E-state index is -4.56. The second-order valence-corrected chi connectivity index (χ2v) is 6.08. The number of hydrogen-bond acceptors (Lipinski definition) is 5. The largest absolute Gasteiger partial charge is 0.433 e. The van der Waals surface area contributed by atoms with E-state index in [4.69, 9.17) is 11.6 Å². The van der Waals surface area contributed by atoms with Gasteiger partial charge in [-0.1, -0.05) is 23.4 Å². The van der Waals surface area contributed by atoms with Crippen LogP contribution < -0.4 is 5.32 Å². The van der Waals surface area contributed by atoms with Gasteiger partial charge in [0, 0.05) is 12.4 Å². The number of anilines is 1. The number of nitrogens with zero attached hydrogens (tertiary/aromatic N) is 3. The SMILES string of the molecule is CC(Sc1nccc(C(F)(F)F)n1)C(=O)Nc1ccc(Cl)cn1. The van der Waals surface area contributed by atoms with Gasteiger partial charge in [-0.05, 0) is 25.1 Å². The minimum Gasteiger partial charge on any atom is -0.310 e. The molecule has 2 rings (SSSR count). The summed E-state index contributed by atoms with van der Waals surface area (Å²) in [4.78, 5) is 23.0. The summed E-state index contributed by atoms with van der Waals surface area (Å²) < 4.78 is 37.8. The first-order valence-electron chi connectivity index (χ1n) is 6.25. The van der Waals surface area contributed by atoms with Gasteiger partial charge in [0.2, 0.25) is 5.91 Å². The second kappa shape index (κ2) is 7.14. The summed E-state index contributed by atoms with van der Waals surface area (Å²) in [5, 5.41) is 2.10. The lowest BCUT2D eigenvalue weighted by Crippen LogP contribution is -2.23. The fourth-order valence-electron chi connectivity index (χ4n) is 1.44. The summed E-state index contributed by atoms with van der Waals surface area (Å²) in [6.07, 6.45) is -2.19. The standard InChI is InChI=1S/C13H10ClF3N4OS/c1-7(11(22)21-10-3-2-8(14)6-19-10)23-12-18-5-4-9(20-12)13(15,16)17/h2-7H,1H3,(H,19,21,22). The van der Waals surface area contributed by atoms with E-state index in [0.29, 0.717) is 5.02 Å². The number of rotatable bonds is 4. The van der Waals surface area contributed by atoms with Gasteiger partial charge in [-0.3, -0.25) is 4.79 Å². The average Bonchev–Trinajstić information content (AvgIpc) is 2.49. The van der Waals surface area contributed by atoms with Crippen molar-refractivity contribution >= 4 is 35.1 Å². The Morgan fingerprint density at radius 3 is 2.65 bits per heavy atom. The molecule has 0 aromatic carbocycles. The maximum Gasteiger partial charge on any atom is 0.433 e. The third-order valence-corrected chi connectivity index (χ3v) is 3.75. The number of hydrogen-bond donors (Lipinski definition) is 1. The van der Waals surface area contributed by atoms with Crippen LogP contribution in [-0.4, -0.2) is 26.1 Å². The van der Waals surface area contributed by atoms with Crippen LogP contribution in [0.3, 0.4) is 0 Å². The van der Waals surface area contributed by atoms with Gasteiger partial charge in [-0.25, -0.2) is 15.0 Å². The predicted octanol–water partition coefficient (Wildman–Crippen LogP) is 3.66. The van der Waals surface area contributed by atoms with Crippen molar-refractivity contribution in [1.29, 1.82) is 0 Å². The lowest BCUT2D eigenvalue weighted by atomic mass is 10.4. The molecule has 1 N–H and O–H groups in total. The van der Waals surface area contributed by atoms with E-state index in [0.717, 1.165) is 24.0 Å². The minimum absolute atomic E-state index is 0.133. The predicted molar refractivity (Wildman–Crippen MR) is 80.2 cm³/mol. The molecule has 0 aliphatic rings. The van der Waals surface area contributed by atoms with Crippen LogP contribution in [-0.2, 0) is 11.0 Å². The highest BCUT2D eigenvalue weighted by atomic mass is 35.5. The number of aromatic nitrogens is 3. The number of halogens is 4. The molecule has 2 aromatic rings. The Bertz CT molecular complexity index is 696. The topological polar surface area (TPSA) is 67.8 Å². The molecule has 2 aromatic heterocycles. The van der Waals surface area contributed by atoms with Crippen LogP contribution in [0.15, 0.2) is 35.7 Å². The molecular formula is C13H10ClF3N4OS. The lowest BCUT2D eigenvalue weighted by Gasteiger charge is -2.11. The molecule has 0 aliphatic heterocycles. The third-order valence-electron chi connectivity index (χ3n) is 2.55. The van der Waals surface area contributed by atoms with Crippen LogP contribution in [0, 0.1) is 0 Å². The molecule has 1 unspecified atom stereocenters. The van der Waals surface area contributed by atoms with Crippen LogP contribution in [0.5, 0.6) is 0 Å². The van der Waals surface area contributed by atoms with E-state index in [1.165, 1.54) is 19.2 Å². The molecule has 5 nitrogen and oxygen atoms in total. The first kappa shape index (κ1) is 17.5. The van der Waals surface area contributed by atoms with E-state index in [9.17, 15) is 18.0 Å². The Morgan fingerprint density at radius 2 is 2.04 bits per heavy atom. The molecule has 0 bridgehead atoms. The van der Waals surface area contributed by atoms with Gasteiger partial charge in [0.25, 0.3) is 0 Å². The molecule has 1 atom stereocenters. The zero-order valence-electron chi connectivity index (χ0n) is 11.6. The van der Waals surface area contributed by atoms with Gasteiger partial charge >= 0.3 is 6.18 Å². The van der Waals surface area contributed by atoms with Crippen molar-refractivity contribution in [2.24, 2.45) is 0 Å². The molecule has 23 heavy (non-hydrogen) atoms. The smallest absolute Gasteiger partial charge is 0.310 e. The van der Waals surface area contributed by atoms with Crippen LogP contribution >= 0.6 is 23.4 Å². The molecule has 0 fully saturated rings. The molecular weight excluding hydrogens is 353 g/mol. The Kier molecular flexibility index (Phi) is 5.42. The highest BCUT2D eigenvalue weighted by Crippen LogP contribution is 2.29. The van der Waals surface area contributed by atoms with Gasteiger partial charge in [-0.15, -0.1) is 0 Å². The first-order chi connectivity index (χ1) is 10.8. The Morgan fingerprint density at radius 1 is 1.30 bits per heavy atom. The van der Waals surface area contributed by atoms with E-state index >= 15 is 0 Å². The number of carbonyl (C=O) groups excluding carboxylic acids is 1. The number of pyridine rings is 1. The van der Waals surface area contributed by atoms with Gasteiger partial charge in [0.15, 0.2) is 5.16 Å². The zero-order chi connectivity index (χ0) is 17.0. The molecule has 0 saturated heterocycles. The molecule has 0 aliphatic carbocycles. The van der Waals surface area contributed by atoms with Crippen molar-refractivity contribution in [2.45, 2.75) is 23.5 Å². The number of nitrogens with one attached hydrogen (secondary N) is 1. The first-order valence-corrected chi connectivity index (χ1v) is 7.51. The third kappa shape index (κ3) is 5.07. The average molecular weight is 363 g/mol. The summed E-state index contributed by atoms with van der Waals surface area (Å²) in [7, 11) is 0. The zero-order valence-corrected chi connectivity index (χ0v) is 13.2. The number of thioether (sulfide) groups is 1. The van der Waals surface area contributed by atoms with Crippen LogP contribution in [0.1, 0.15) is 12.6 Å². The van der Waals surface area contributed by atoms with Gasteiger partial charge in [-0.2, -0.15) is 13.2 Å². The monoisotopic (exact) mass is 362 g/mol. The molecule has 1 amide bonds. The van der Waals surface area contributed by atoms with Gasteiger partial charge < -0.3 is 5.32 Å². The summed E-state index contributed by atoms with van der Waals surface area (Å²) in [6.45, 7) is 1.53. The van der Waals surface area contributed by atoms with Gasteiger partial charge in [0.1, 0.15) is 11.5 Å². The second-order valence-electron chi connectivity index (χ2n) is 4.33. The highest BCUT2D eigenvalue weighted by Gasteiger charge is 2.33. The molecule has 122 valence electrons. The van der Waals surface area contributed by atoms with Gasteiger partial charge in [0.05, 0.1) is 10.3 Å². The molecule has 0 spiro atoms. The fraction of sp³-hybridized carbons (Fsp3) is 0.231. The fourth-order valence-corrected chi connectivity index (χ4v) is 2.31. The van der Waals surface area contributed by atoms with Crippen LogP contribution in [0.4, 0.5) is 19.0 Å². The van der Waals surface area contributed by atoms with E-state index in [2.05, 4.69) is 20.3 Å². The van der Waals surface area contributed by atoms with E-state index < -0.39 is 23.0 Å². The summed E-state index contributed by atoms with van der Waals surface area (Å²) in [6, 6.07) is 3.84. The molecule has 0 radical (unpaired) electrons. The lowest BCUT2D eigenvalue weighted by molar-refractivity contribution is -0.141. The van der Waals surface area contributed by atoms with Crippen molar-refractivity contribution in [3.05, 3.63) is 41.3 Å². The van der Waals surface area contributed by atoms with Crippen LogP contribution in [0.2, 0.25) is 5.02 Å².